The van der Waals surface area contributed by atoms with Crippen LogP contribution in [-0.4, -0.2) is 25.7 Å². The number of methoxy groups -OCH3 is 1. The highest BCUT2D eigenvalue weighted by Crippen LogP contribution is 2.25. The van der Waals surface area contributed by atoms with Crippen LogP contribution in [0.15, 0.2) is 42.5 Å². The van der Waals surface area contributed by atoms with Gasteiger partial charge in [-0.25, -0.2) is 4.79 Å². The minimum absolute atomic E-state index is 0.320. The number of carbonyl (C=O) groups excluding carboxylic acids is 2. The molecule has 3 amide bonds. The second-order valence-corrected chi connectivity index (χ2v) is 5.36. The number of carbonyl (C=O) groups is 2. The summed E-state index contributed by atoms with van der Waals surface area (Å²) in [6.45, 7) is 1.56. The van der Waals surface area contributed by atoms with Gasteiger partial charge < -0.3 is 14.8 Å². The largest absolute Gasteiger partial charge is 0.497 e. The lowest BCUT2D eigenvalue weighted by atomic mass is 10.2. The first-order chi connectivity index (χ1) is 11.5. The lowest BCUT2D eigenvalue weighted by Gasteiger charge is -2.10. The van der Waals surface area contributed by atoms with Gasteiger partial charge in [0.05, 0.1) is 12.1 Å². The van der Waals surface area contributed by atoms with Crippen LogP contribution in [0.3, 0.4) is 0 Å². The molecule has 0 radical (unpaired) electrons. The minimum Gasteiger partial charge on any atom is -0.497 e. The molecule has 0 heterocycles. The number of urea groups is 1. The number of hydrogen-bond acceptors (Lipinski definition) is 4. The highest BCUT2D eigenvalue weighted by molar-refractivity contribution is 6.32. The van der Waals surface area contributed by atoms with Crippen molar-refractivity contribution in [3.63, 3.8) is 0 Å². The number of ether oxygens (including phenoxy) is 2. The first-order valence-electron chi connectivity index (χ1n) is 7.12. The van der Waals surface area contributed by atoms with E-state index in [-0.39, 0.29) is 6.61 Å². The summed E-state index contributed by atoms with van der Waals surface area (Å²) in [5.41, 5.74) is 1.48. The standard InChI is InChI=1S/C17H17ClN2O4/c1-11-3-8-14(18)15(9-11)24-10-16(21)20-17(22)19-12-4-6-13(23-2)7-5-12/h3-9H,10H2,1-2H3,(H2,19,20,21,22). The van der Waals surface area contributed by atoms with Gasteiger partial charge in [-0.2, -0.15) is 0 Å². The van der Waals surface area contributed by atoms with Gasteiger partial charge in [0.25, 0.3) is 5.91 Å². The number of hydrogen-bond donors (Lipinski definition) is 2. The summed E-state index contributed by atoms with van der Waals surface area (Å²) in [4.78, 5) is 23.5. The molecule has 0 saturated carbocycles. The molecule has 2 aromatic rings. The summed E-state index contributed by atoms with van der Waals surface area (Å²) in [6.07, 6.45) is 0. The van der Waals surface area contributed by atoms with Gasteiger partial charge in [-0.1, -0.05) is 17.7 Å². The maximum Gasteiger partial charge on any atom is 0.325 e. The molecule has 6 nitrogen and oxygen atoms in total. The summed E-state index contributed by atoms with van der Waals surface area (Å²) in [7, 11) is 1.55. The Morgan fingerprint density at radius 2 is 1.83 bits per heavy atom. The molecule has 7 heteroatoms. The molecule has 0 fully saturated rings. The number of nitrogens with one attached hydrogen (secondary N) is 2. The molecule has 2 aromatic carbocycles. The molecule has 24 heavy (non-hydrogen) atoms. The lowest BCUT2D eigenvalue weighted by Crippen LogP contribution is -2.37. The topological polar surface area (TPSA) is 76.7 Å². The Hall–Kier alpha value is -2.73. The van der Waals surface area contributed by atoms with Crippen molar-refractivity contribution in [2.24, 2.45) is 0 Å². The van der Waals surface area contributed by atoms with Crippen LogP contribution < -0.4 is 20.1 Å². The molecule has 0 aliphatic rings. The van der Waals surface area contributed by atoms with Crippen LogP contribution in [-0.2, 0) is 4.79 Å². The van der Waals surface area contributed by atoms with Gasteiger partial charge in [-0.3, -0.25) is 10.1 Å². The maximum atomic E-state index is 11.8. The van der Waals surface area contributed by atoms with Crippen molar-refractivity contribution >= 4 is 29.2 Å². The fraction of sp³-hybridized carbons (Fsp3) is 0.176. The molecule has 2 N–H and O–H groups in total. The third kappa shape index (κ3) is 5.17. The molecule has 0 aliphatic heterocycles. The van der Waals surface area contributed by atoms with E-state index in [1.54, 1.807) is 43.5 Å². The van der Waals surface area contributed by atoms with E-state index in [2.05, 4.69) is 10.6 Å². The van der Waals surface area contributed by atoms with Gasteiger partial charge >= 0.3 is 6.03 Å². The van der Waals surface area contributed by atoms with Crippen molar-refractivity contribution in [3.8, 4) is 11.5 Å². The molecular formula is C17H17ClN2O4. The fourth-order valence-corrected chi connectivity index (χ4v) is 2.04. The zero-order valence-corrected chi connectivity index (χ0v) is 14.0. The smallest absolute Gasteiger partial charge is 0.325 e. The molecule has 0 bridgehead atoms. The maximum absolute atomic E-state index is 11.8. The van der Waals surface area contributed by atoms with Crippen LogP contribution >= 0.6 is 11.6 Å². The molecule has 0 unspecified atom stereocenters. The third-order valence-electron chi connectivity index (χ3n) is 3.05. The second-order valence-electron chi connectivity index (χ2n) is 4.95. The second kappa shape index (κ2) is 8.21. The molecule has 0 atom stereocenters. The van der Waals surface area contributed by atoms with Crippen LogP contribution in [0.1, 0.15) is 5.56 Å². The van der Waals surface area contributed by atoms with E-state index < -0.39 is 11.9 Å². The fourth-order valence-electron chi connectivity index (χ4n) is 1.86. The van der Waals surface area contributed by atoms with Crippen molar-refractivity contribution in [3.05, 3.63) is 53.1 Å². The zero-order valence-electron chi connectivity index (χ0n) is 13.3. The van der Waals surface area contributed by atoms with Gasteiger partial charge in [0.2, 0.25) is 0 Å². The Balaban J connectivity index is 1.82. The average molecular weight is 349 g/mol. The number of aryl methyl sites for hydroxylation is 1. The predicted octanol–water partition coefficient (Wildman–Crippen LogP) is 3.38. The molecule has 0 aromatic heterocycles. The summed E-state index contributed by atoms with van der Waals surface area (Å²) in [6, 6.07) is 11.3. The Bertz CT molecular complexity index is 732. The van der Waals surface area contributed by atoms with Gasteiger partial charge in [0.1, 0.15) is 11.5 Å². The Labute approximate surface area is 144 Å². The van der Waals surface area contributed by atoms with Crippen LogP contribution in [0.2, 0.25) is 5.02 Å². The van der Waals surface area contributed by atoms with E-state index >= 15 is 0 Å². The van der Waals surface area contributed by atoms with Crippen molar-refractivity contribution in [1.82, 2.24) is 5.32 Å². The van der Waals surface area contributed by atoms with Gasteiger partial charge in [-0.15, -0.1) is 0 Å². The number of rotatable bonds is 5. The van der Waals surface area contributed by atoms with Crippen molar-refractivity contribution < 1.29 is 19.1 Å². The summed E-state index contributed by atoms with van der Waals surface area (Å²) < 4.78 is 10.3. The summed E-state index contributed by atoms with van der Waals surface area (Å²) in [5, 5.41) is 5.11. The number of imide groups is 1. The van der Waals surface area contributed by atoms with Crippen molar-refractivity contribution in [2.75, 3.05) is 19.0 Å². The quantitative estimate of drug-likeness (QED) is 0.868. The third-order valence-corrected chi connectivity index (χ3v) is 3.36. The van der Waals surface area contributed by atoms with E-state index in [0.29, 0.717) is 22.2 Å². The molecule has 126 valence electrons. The molecule has 0 spiro atoms. The molecular weight excluding hydrogens is 332 g/mol. The average Bonchev–Trinajstić information content (AvgIpc) is 2.56. The summed E-state index contributed by atoms with van der Waals surface area (Å²) >= 11 is 5.97. The summed E-state index contributed by atoms with van der Waals surface area (Å²) in [5.74, 6) is 0.474. The Morgan fingerprint density at radius 1 is 1.12 bits per heavy atom. The van der Waals surface area contributed by atoms with Crippen LogP contribution in [0.4, 0.5) is 10.5 Å². The number of amides is 3. The predicted molar refractivity (Wildman–Crippen MR) is 91.8 cm³/mol. The zero-order chi connectivity index (χ0) is 17.5. The monoisotopic (exact) mass is 348 g/mol. The number of anilines is 1. The lowest BCUT2D eigenvalue weighted by molar-refractivity contribution is -0.121. The number of halogens is 1. The number of benzene rings is 2. The van der Waals surface area contributed by atoms with Gasteiger partial charge in [0, 0.05) is 5.69 Å². The Morgan fingerprint density at radius 3 is 2.50 bits per heavy atom. The first-order valence-corrected chi connectivity index (χ1v) is 7.49. The van der Waals surface area contributed by atoms with E-state index in [4.69, 9.17) is 21.1 Å². The van der Waals surface area contributed by atoms with Crippen LogP contribution in [0.25, 0.3) is 0 Å². The molecule has 0 saturated heterocycles. The molecule has 2 rings (SSSR count). The van der Waals surface area contributed by atoms with Crippen LogP contribution in [0.5, 0.6) is 11.5 Å². The molecule has 0 aliphatic carbocycles. The van der Waals surface area contributed by atoms with Crippen molar-refractivity contribution in [2.45, 2.75) is 6.92 Å². The normalized spacial score (nSPS) is 9.96. The van der Waals surface area contributed by atoms with E-state index in [9.17, 15) is 9.59 Å². The SMILES string of the molecule is COc1ccc(NC(=O)NC(=O)COc2cc(C)ccc2Cl)cc1. The van der Waals surface area contributed by atoms with Gasteiger partial charge in [-0.05, 0) is 48.9 Å². The van der Waals surface area contributed by atoms with E-state index in [1.165, 1.54) is 0 Å². The van der Waals surface area contributed by atoms with E-state index in [1.807, 2.05) is 13.0 Å². The van der Waals surface area contributed by atoms with Crippen LogP contribution in [0, 0.1) is 6.92 Å². The Kier molecular flexibility index (Phi) is 6.03. The first kappa shape index (κ1) is 17.6. The van der Waals surface area contributed by atoms with E-state index in [0.717, 1.165) is 5.56 Å². The highest BCUT2D eigenvalue weighted by Gasteiger charge is 2.10. The van der Waals surface area contributed by atoms with Crippen molar-refractivity contribution in [1.29, 1.82) is 0 Å². The minimum atomic E-state index is -0.649. The van der Waals surface area contributed by atoms with Gasteiger partial charge in [0.15, 0.2) is 6.61 Å². The highest BCUT2D eigenvalue weighted by atomic mass is 35.5.